The van der Waals surface area contributed by atoms with E-state index >= 15 is 0 Å². The van der Waals surface area contributed by atoms with Crippen LogP contribution in [0.15, 0.2) is 42.5 Å². The first-order valence-corrected chi connectivity index (χ1v) is 6.96. The molecular weight excluding hydrogens is 285 g/mol. The molecule has 3 aromatic rings. The molecule has 104 valence electrons. The normalized spacial score (nSPS) is 10.7. The lowest BCUT2D eigenvalue weighted by Crippen LogP contribution is -2.01. The van der Waals surface area contributed by atoms with E-state index in [0.29, 0.717) is 23.3 Å². The number of H-pyrrole nitrogens is 1. The molecule has 0 unspecified atom stereocenters. The fourth-order valence-electron chi connectivity index (χ4n) is 2.43. The van der Waals surface area contributed by atoms with E-state index in [2.05, 4.69) is 11.1 Å². The number of hydrogen-bond donors (Lipinski definition) is 1. The van der Waals surface area contributed by atoms with Crippen LogP contribution in [0.5, 0.6) is 0 Å². The van der Waals surface area contributed by atoms with Crippen molar-refractivity contribution < 1.29 is 4.39 Å². The Labute approximate surface area is 126 Å². The molecule has 1 heterocycles. The van der Waals surface area contributed by atoms with E-state index in [1.54, 1.807) is 12.1 Å². The lowest BCUT2D eigenvalue weighted by molar-refractivity contribution is 0.622. The number of halogens is 1. The second kappa shape index (κ2) is 5.51. The average molecular weight is 297 g/mol. The average Bonchev–Trinajstić information content (AvgIpc) is 2.80. The Morgan fingerprint density at radius 3 is 2.81 bits per heavy atom. The Hall–Kier alpha value is -2.45. The summed E-state index contributed by atoms with van der Waals surface area (Å²) < 4.78 is 15.7. The van der Waals surface area contributed by atoms with E-state index in [1.807, 2.05) is 22.8 Å². The molecule has 0 spiro atoms. The number of nitriles is 1. The van der Waals surface area contributed by atoms with Crippen molar-refractivity contribution in [1.29, 1.82) is 5.26 Å². The van der Waals surface area contributed by atoms with Gasteiger partial charge < -0.3 is 9.55 Å². The van der Waals surface area contributed by atoms with Crippen molar-refractivity contribution >= 4 is 23.3 Å². The number of fused-ring (bicyclic) bond motifs is 1. The number of imidazole rings is 1. The maximum Gasteiger partial charge on any atom is 0.178 e. The summed E-state index contributed by atoms with van der Waals surface area (Å²) in [6, 6.07) is 14.2. The third-order valence-corrected chi connectivity index (χ3v) is 3.77. The Balaban J connectivity index is 1.96. The molecule has 0 saturated heterocycles. The van der Waals surface area contributed by atoms with Crippen molar-refractivity contribution in [3.05, 3.63) is 64.2 Å². The molecular formula is C16H12FN3S. The Morgan fingerprint density at radius 2 is 2.05 bits per heavy atom. The van der Waals surface area contributed by atoms with E-state index in [1.165, 1.54) is 12.1 Å². The number of para-hydroxylation sites is 1. The topological polar surface area (TPSA) is 44.5 Å². The molecule has 0 aliphatic heterocycles. The summed E-state index contributed by atoms with van der Waals surface area (Å²) in [6.45, 7) is 0.636. The number of nitrogens with zero attached hydrogens (tertiary/aromatic N) is 2. The van der Waals surface area contributed by atoms with E-state index in [0.717, 1.165) is 16.6 Å². The Kier molecular flexibility index (Phi) is 3.55. The summed E-state index contributed by atoms with van der Waals surface area (Å²) in [7, 11) is 0. The molecule has 1 N–H and O–H groups in total. The van der Waals surface area contributed by atoms with Gasteiger partial charge in [0.2, 0.25) is 0 Å². The van der Waals surface area contributed by atoms with Gasteiger partial charge in [0.25, 0.3) is 0 Å². The van der Waals surface area contributed by atoms with Crippen LogP contribution in [0.2, 0.25) is 0 Å². The summed E-state index contributed by atoms with van der Waals surface area (Å²) in [6.07, 6.45) is 0.676. The highest BCUT2D eigenvalue weighted by molar-refractivity contribution is 7.71. The second-order valence-corrected chi connectivity index (χ2v) is 5.16. The van der Waals surface area contributed by atoms with Crippen molar-refractivity contribution in [2.45, 2.75) is 13.0 Å². The summed E-state index contributed by atoms with van der Waals surface area (Å²) in [5, 5.41) is 9.12. The van der Waals surface area contributed by atoms with Crippen LogP contribution >= 0.6 is 12.2 Å². The molecule has 3 nitrogen and oxygen atoms in total. The van der Waals surface area contributed by atoms with Crippen molar-refractivity contribution in [1.82, 2.24) is 9.55 Å². The number of aryl methyl sites for hydroxylation is 2. The second-order valence-electron chi connectivity index (χ2n) is 4.77. The number of aromatic nitrogens is 2. The molecule has 0 saturated carbocycles. The maximum absolute atomic E-state index is 13.2. The molecule has 0 atom stereocenters. The standard InChI is InChI=1S/C16H12FN3S/c17-13-5-1-3-11(9-13)7-8-20-14-6-2-4-12(10-18)15(14)19-16(20)21/h1-6,9H,7-8H2,(H,19,21). The van der Waals surface area contributed by atoms with E-state index < -0.39 is 0 Å². The Bertz CT molecular complexity index is 902. The molecule has 0 bridgehead atoms. The van der Waals surface area contributed by atoms with Crippen LogP contribution in [0.1, 0.15) is 11.1 Å². The zero-order chi connectivity index (χ0) is 14.8. The SMILES string of the molecule is N#Cc1cccc2c1[nH]c(=S)n2CCc1cccc(F)c1. The monoisotopic (exact) mass is 297 g/mol. The zero-order valence-corrected chi connectivity index (χ0v) is 12.0. The lowest BCUT2D eigenvalue weighted by atomic mass is 10.1. The predicted molar refractivity (Wildman–Crippen MR) is 81.9 cm³/mol. The highest BCUT2D eigenvalue weighted by Gasteiger charge is 2.08. The van der Waals surface area contributed by atoms with Crippen molar-refractivity contribution in [3.63, 3.8) is 0 Å². The van der Waals surface area contributed by atoms with Crippen LogP contribution < -0.4 is 0 Å². The third kappa shape index (κ3) is 2.58. The quantitative estimate of drug-likeness (QED) is 0.744. The summed E-state index contributed by atoms with van der Waals surface area (Å²) in [5.74, 6) is -0.234. The largest absolute Gasteiger partial charge is 0.329 e. The number of nitrogens with one attached hydrogen (secondary N) is 1. The molecule has 2 aromatic carbocycles. The summed E-state index contributed by atoms with van der Waals surface area (Å²) in [4.78, 5) is 3.08. The van der Waals surface area contributed by atoms with E-state index in [-0.39, 0.29) is 5.82 Å². The van der Waals surface area contributed by atoms with Crippen molar-refractivity contribution in [2.24, 2.45) is 0 Å². The number of aromatic amines is 1. The molecule has 3 rings (SSSR count). The van der Waals surface area contributed by atoms with Crippen LogP contribution in [0, 0.1) is 21.9 Å². The highest BCUT2D eigenvalue weighted by Crippen LogP contribution is 2.18. The van der Waals surface area contributed by atoms with Gasteiger partial charge in [-0.3, -0.25) is 0 Å². The van der Waals surface area contributed by atoms with Gasteiger partial charge in [-0.1, -0.05) is 18.2 Å². The van der Waals surface area contributed by atoms with E-state index in [4.69, 9.17) is 17.5 Å². The van der Waals surface area contributed by atoms with Gasteiger partial charge in [-0.2, -0.15) is 5.26 Å². The van der Waals surface area contributed by atoms with Crippen molar-refractivity contribution in [2.75, 3.05) is 0 Å². The fraction of sp³-hybridized carbons (Fsp3) is 0.125. The number of rotatable bonds is 3. The van der Waals surface area contributed by atoms with Gasteiger partial charge in [0.1, 0.15) is 11.9 Å². The fourth-order valence-corrected chi connectivity index (χ4v) is 2.72. The van der Waals surface area contributed by atoms with Gasteiger partial charge in [0.05, 0.1) is 16.6 Å². The molecule has 0 aliphatic rings. The van der Waals surface area contributed by atoms with Crippen LogP contribution in [-0.2, 0) is 13.0 Å². The first-order valence-electron chi connectivity index (χ1n) is 6.55. The highest BCUT2D eigenvalue weighted by atomic mass is 32.1. The van der Waals surface area contributed by atoms with Crippen LogP contribution in [0.25, 0.3) is 11.0 Å². The van der Waals surface area contributed by atoms with E-state index in [9.17, 15) is 4.39 Å². The van der Waals surface area contributed by atoms with Gasteiger partial charge in [0, 0.05) is 6.54 Å². The first-order chi connectivity index (χ1) is 10.2. The minimum absolute atomic E-state index is 0.234. The molecule has 1 aromatic heterocycles. The summed E-state index contributed by atoms with van der Waals surface area (Å²) >= 11 is 5.33. The molecule has 5 heteroatoms. The third-order valence-electron chi connectivity index (χ3n) is 3.44. The van der Waals surface area contributed by atoms with Crippen LogP contribution in [-0.4, -0.2) is 9.55 Å². The maximum atomic E-state index is 13.2. The van der Waals surface area contributed by atoms with Crippen molar-refractivity contribution in [3.8, 4) is 6.07 Å². The molecule has 0 aliphatic carbocycles. The minimum atomic E-state index is -0.234. The molecule has 0 fully saturated rings. The van der Waals surface area contributed by atoms with Gasteiger partial charge in [-0.15, -0.1) is 0 Å². The zero-order valence-electron chi connectivity index (χ0n) is 11.1. The smallest absolute Gasteiger partial charge is 0.178 e. The van der Waals surface area contributed by atoms with Gasteiger partial charge >= 0.3 is 0 Å². The van der Waals surface area contributed by atoms with Gasteiger partial charge in [-0.25, -0.2) is 4.39 Å². The first kappa shape index (κ1) is 13.5. The Morgan fingerprint density at radius 1 is 1.24 bits per heavy atom. The van der Waals surface area contributed by atoms with Gasteiger partial charge in [0.15, 0.2) is 4.77 Å². The number of benzene rings is 2. The van der Waals surface area contributed by atoms with Crippen LogP contribution in [0.4, 0.5) is 4.39 Å². The summed E-state index contributed by atoms with van der Waals surface area (Å²) in [5.41, 5.74) is 3.14. The number of hydrogen-bond acceptors (Lipinski definition) is 2. The minimum Gasteiger partial charge on any atom is -0.329 e. The van der Waals surface area contributed by atoms with Crippen LogP contribution in [0.3, 0.4) is 0 Å². The molecule has 21 heavy (non-hydrogen) atoms. The molecule has 0 amide bonds. The van der Waals surface area contributed by atoms with Gasteiger partial charge in [-0.05, 0) is 48.5 Å². The predicted octanol–water partition coefficient (Wildman–Crippen LogP) is 3.95. The molecule has 0 radical (unpaired) electrons. The lowest BCUT2D eigenvalue weighted by Gasteiger charge is -2.05.